The zero-order valence-corrected chi connectivity index (χ0v) is 12.0. The number of carbonyl (C=O) groups excluding carboxylic acids is 1. The molecule has 0 radical (unpaired) electrons. The van der Waals surface area contributed by atoms with Gasteiger partial charge in [-0.3, -0.25) is 4.79 Å². The van der Waals surface area contributed by atoms with Gasteiger partial charge in [0.25, 0.3) is 0 Å². The summed E-state index contributed by atoms with van der Waals surface area (Å²) < 4.78 is 0. The lowest BCUT2D eigenvalue weighted by Gasteiger charge is -2.25. The summed E-state index contributed by atoms with van der Waals surface area (Å²) in [5, 5.41) is 0. The fourth-order valence-corrected chi connectivity index (χ4v) is 3.05. The van der Waals surface area contributed by atoms with Crippen LogP contribution >= 0.6 is 0 Å². The molecule has 108 valence electrons. The highest BCUT2D eigenvalue weighted by Crippen LogP contribution is 2.32. The Kier molecular flexibility index (Phi) is 3.91. The summed E-state index contributed by atoms with van der Waals surface area (Å²) in [6, 6.07) is 18.1. The second-order valence-corrected chi connectivity index (χ2v) is 5.53. The van der Waals surface area contributed by atoms with E-state index in [1.807, 2.05) is 47.4 Å². The van der Waals surface area contributed by atoms with E-state index in [9.17, 15) is 4.79 Å². The average Bonchev–Trinajstić information content (AvgIpc) is 3.00. The Balaban J connectivity index is 1.76. The fraction of sp³-hybridized carbons (Fsp3) is 0.278. The van der Waals surface area contributed by atoms with Gasteiger partial charge in [-0.25, -0.2) is 0 Å². The van der Waals surface area contributed by atoms with E-state index in [1.165, 1.54) is 5.56 Å². The van der Waals surface area contributed by atoms with Gasteiger partial charge in [0.05, 0.1) is 12.5 Å². The van der Waals surface area contributed by atoms with Gasteiger partial charge in [0.1, 0.15) is 0 Å². The summed E-state index contributed by atoms with van der Waals surface area (Å²) in [4.78, 5) is 14.6. The molecule has 2 aromatic carbocycles. The van der Waals surface area contributed by atoms with Crippen LogP contribution in [0.1, 0.15) is 30.0 Å². The monoisotopic (exact) mass is 280 g/mol. The second kappa shape index (κ2) is 6.00. The first-order chi connectivity index (χ1) is 10.3. The average molecular weight is 280 g/mol. The molecular formula is C18H20N2O. The van der Waals surface area contributed by atoms with Crippen molar-refractivity contribution < 1.29 is 4.79 Å². The molecule has 1 fully saturated rings. The first-order valence-corrected chi connectivity index (χ1v) is 7.43. The van der Waals surface area contributed by atoms with Gasteiger partial charge in [-0.2, -0.15) is 0 Å². The van der Waals surface area contributed by atoms with Gasteiger partial charge in [-0.1, -0.05) is 48.5 Å². The van der Waals surface area contributed by atoms with Crippen LogP contribution < -0.4 is 5.73 Å². The number of carbonyl (C=O) groups is 1. The van der Waals surface area contributed by atoms with Crippen molar-refractivity contribution >= 4 is 11.6 Å². The summed E-state index contributed by atoms with van der Waals surface area (Å²) >= 11 is 0. The van der Waals surface area contributed by atoms with Crippen LogP contribution in [0, 0.1) is 0 Å². The smallest absolute Gasteiger partial charge is 0.227 e. The van der Waals surface area contributed by atoms with Gasteiger partial charge in [0, 0.05) is 12.2 Å². The Morgan fingerprint density at radius 3 is 2.57 bits per heavy atom. The molecule has 0 saturated carbocycles. The fourth-order valence-electron chi connectivity index (χ4n) is 3.05. The van der Waals surface area contributed by atoms with E-state index >= 15 is 0 Å². The minimum atomic E-state index is 0.166. The number of rotatable bonds is 3. The molecule has 0 aromatic heterocycles. The molecule has 1 atom stereocenters. The number of amides is 1. The molecule has 0 bridgehead atoms. The first-order valence-electron chi connectivity index (χ1n) is 7.43. The number of nitrogens with zero attached hydrogens (tertiary/aromatic N) is 1. The molecule has 1 aliphatic heterocycles. The summed E-state index contributed by atoms with van der Waals surface area (Å²) in [6.45, 7) is 0.838. The van der Waals surface area contributed by atoms with Gasteiger partial charge in [0.2, 0.25) is 5.91 Å². The molecule has 1 saturated heterocycles. The van der Waals surface area contributed by atoms with Crippen LogP contribution in [0.25, 0.3) is 0 Å². The summed E-state index contributed by atoms with van der Waals surface area (Å²) in [6.07, 6.45) is 2.49. The molecule has 21 heavy (non-hydrogen) atoms. The minimum Gasteiger partial charge on any atom is -0.398 e. The lowest BCUT2D eigenvalue weighted by molar-refractivity contribution is -0.131. The number of hydrogen-bond donors (Lipinski definition) is 1. The highest BCUT2D eigenvalue weighted by molar-refractivity contribution is 5.81. The number of para-hydroxylation sites is 1. The molecule has 3 heteroatoms. The summed E-state index contributed by atoms with van der Waals surface area (Å²) in [5.41, 5.74) is 8.78. The van der Waals surface area contributed by atoms with E-state index in [2.05, 4.69) is 12.1 Å². The van der Waals surface area contributed by atoms with Crippen molar-refractivity contribution in [3.8, 4) is 0 Å². The molecule has 3 rings (SSSR count). The van der Waals surface area contributed by atoms with Crippen molar-refractivity contribution in [1.29, 1.82) is 0 Å². The van der Waals surface area contributed by atoms with Crippen LogP contribution in [0.5, 0.6) is 0 Å². The topological polar surface area (TPSA) is 46.3 Å². The Morgan fingerprint density at radius 2 is 1.81 bits per heavy atom. The van der Waals surface area contributed by atoms with Gasteiger partial charge in [-0.15, -0.1) is 0 Å². The second-order valence-electron chi connectivity index (χ2n) is 5.53. The summed E-state index contributed by atoms with van der Waals surface area (Å²) in [5.74, 6) is 0.166. The lowest BCUT2D eigenvalue weighted by Crippen LogP contribution is -2.32. The number of likely N-dealkylation sites (tertiary alicyclic amines) is 1. The standard InChI is InChI=1S/C18H20N2O/c19-16-10-5-4-9-15(16)13-18(21)20-12-6-11-17(20)14-7-2-1-3-8-14/h1-5,7-10,17H,6,11-13,19H2. The molecule has 2 N–H and O–H groups in total. The zero-order chi connectivity index (χ0) is 14.7. The van der Waals surface area contributed by atoms with Gasteiger partial charge < -0.3 is 10.6 Å². The number of nitrogen functional groups attached to an aromatic ring is 1. The van der Waals surface area contributed by atoms with Crippen molar-refractivity contribution in [2.45, 2.75) is 25.3 Å². The predicted molar refractivity (Wildman–Crippen MR) is 84.7 cm³/mol. The van der Waals surface area contributed by atoms with Crippen molar-refractivity contribution in [2.24, 2.45) is 0 Å². The van der Waals surface area contributed by atoms with Crippen LogP contribution in [0.15, 0.2) is 54.6 Å². The number of nitrogens with two attached hydrogens (primary N) is 1. The van der Waals surface area contributed by atoms with Crippen molar-refractivity contribution in [1.82, 2.24) is 4.90 Å². The highest BCUT2D eigenvalue weighted by atomic mass is 16.2. The van der Waals surface area contributed by atoms with E-state index in [0.717, 1.165) is 24.9 Å². The third kappa shape index (κ3) is 2.92. The van der Waals surface area contributed by atoms with Crippen molar-refractivity contribution in [3.05, 3.63) is 65.7 Å². The van der Waals surface area contributed by atoms with Crippen LogP contribution in [-0.4, -0.2) is 17.4 Å². The Labute approximate surface area is 125 Å². The van der Waals surface area contributed by atoms with Crippen LogP contribution in [0.4, 0.5) is 5.69 Å². The lowest BCUT2D eigenvalue weighted by atomic mass is 10.0. The highest BCUT2D eigenvalue weighted by Gasteiger charge is 2.29. The molecule has 1 amide bonds. The Hall–Kier alpha value is -2.29. The van der Waals surface area contributed by atoms with E-state index < -0.39 is 0 Å². The zero-order valence-electron chi connectivity index (χ0n) is 12.0. The van der Waals surface area contributed by atoms with E-state index in [0.29, 0.717) is 12.1 Å². The third-order valence-electron chi connectivity index (χ3n) is 4.15. The van der Waals surface area contributed by atoms with E-state index in [-0.39, 0.29) is 11.9 Å². The summed E-state index contributed by atoms with van der Waals surface area (Å²) in [7, 11) is 0. The quantitative estimate of drug-likeness (QED) is 0.878. The van der Waals surface area contributed by atoms with Gasteiger partial charge in [-0.05, 0) is 30.0 Å². The molecular weight excluding hydrogens is 260 g/mol. The molecule has 3 nitrogen and oxygen atoms in total. The molecule has 0 aliphatic carbocycles. The maximum absolute atomic E-state index is 12.6. The van der Waals surface area contributed by atoms with Crippen LogP contribution in [-0.2, 0) is 11.2 Å². The maximum atomic E-state index is 12.6. The van der Waals surface area contributed by atoms with Crippen molar-refractivity contribution in [3.63, 3.8) is 0 Å². The minimum absolute atomic E-state index is 0.166. The molecule has 1 aliphatic rings. The van der Waals surface area contributed by atoms with Crippen molar-refractivity contribution in [2.75, 3.05) is 12.3 Å². The molecule has 1 heterocycles. The Morgan fingerprint density at radius 1 is 1.10 bits per heavy atom. The predicted octanol–water partition coefficient (Wildman–Crippen LogP) is 3.18. The normalized spacial score (nSPS) is 17.9. The van der Waals surface area contributed by atoms with Gasteiger partial charge in [0.15, 0.2) is 0 Å². The molecule has 1 unspecified atom stereocenters. The van der Waals surface area contributed by atoms with Crippen LogP contribution in [0.2, 0.25) is 0 Å². The first kappa shape index (κ1) is 13.7. The number of hydrogen-bond acceptors (Lipinski definition) is 2. The number of anilines is 1. The van der Waals surface area contributed by atoms with E-state index in [1.54, 1.807) is 0 Å². The Bertz CT molecular complexity index is 624. The van der Waals surface area contributed by atoms with Gasteiger partial charge >= 0.3 is 0 Å². The number of benzene rings is 2. The molecule has 0 spiro atoms. The maximum Gasteiger partial charge on any atom is 0.227 e. The largest absolute Gasteiger partial charge is 0.398 e. The van der Waals surface area contributed by atoms with E-state index in [4.69, 9.17) is 5.73 Å². The SMILES string of the molecule is Nc1ccccc1CC(=O)N1CCCC1c1ccccc1. The third-order valence-corrected chi connectivity index (χ3v) is 4.15. The van der Waals surface area contributed by atoms with Crippen LogP contribution in [0.3, 0.4) is 0 Å². The molecule has 2 aromatic rings.